The smallest absolute Gasteiger partial charge is 0.0708 e. The molecule has 1 aromatic heterocycles. The minimum atomic E-state index is 0.434. The molecular weight excluding hydrogens is 248 g/mol. The van der Waals surface area contributed by atoms with Crippen molar-refractivity contribution in [3.8, 4) is 0 Å². The molecule has 1 fully saturated rings. The zero-order valence-electron chi connectivity index (χ0n) is 12.2. The van der Waals surface area contributed by atoms with Crippen molar-refractivity contribution in [1.82, 2.24) is 10.3 Å². The van der Waals surface area contributed by atoms with E-state index in [-0.39, 0.29) is 0 Å². The fourth-order valence-electron chi connectivity index (χ4n) is 3.13. The molecule has 0 saturated heterocycles. The molecule has 2 atom stereocenters. The van der Waals surface area contributed by atoms with E-state index < -0.39 is 0 Å². The van der Waals surface area contributed by atoms with Gasteiger partial charge in [0.15, 0.2) is 0 Å². The Bertz CT molecular complexity index is 597. The number of hydrogen-bond donors (Lipinski definition) is 1. The Morgan fingerprint density at radius 2 is 2.15 bits per heavy atom. The van der Waals surface area contributed by atoms with Crippen LogP contribution < -0.4 is 5.32 Å². The second-order valence-corrected chi connectivity index (χ2v) is 5.69. The van der Waals surface area contributed by atoms with Crippen LogP contribution in [0, 0.1) is 6.92 Å². The predicted octanol–water partition coefficient (Wildman–Crippen LogP) is 3.20. The van der Waals surface area contributed by atoms with E-state index in [0.717, 1.165) is 24.2 Å². The second kappa shape index (κ2) is 5.90. The second-order valence-electron chi connectivity index (χ2n) is 5.69. The normalized spacial score (nSPS) is 22.5. The molecule has 0 bridgehead atoms. The van der Waals surface area contributed by atoms with Gasteiger partial charge < -0.3 is 10.1 Å². The van der Waals surface area contributed by atoms with E-state index in [0.29, 0.717) is 12.1 Å². The van der Waals surface area contributed by atoms with Crippen LogP contribution >= 0.6 is 0 Å². The summed E-state index contributed by atoms with van der Waals surface area (Å²) in [7, 11) is 1.81. The van der Waals surface area contributed by atoms with Gasteiger partial charge in [-0.25, -0.2) is 0 Å². The van der Waals surface area contributed by atoms with Gasteiger partial charge in [0.2, 0.25) is 0 Å². The van der Waals surface area contributed by atoms with Crippen LogP contribution in [0.1, 0.15) is 30.5 Å². The van der Waals surface area contributed by atoms with Gasteiger partial charge in [0.05, 0.1) is 11.6 Å². The number of hydrogen-bond acceptors (Lipinski definition) is 3. The lowest BCUT2D eigenvalue weighted by Crippen LogP contribution is -2.26. The van der Waals surface area contributed by atoms with Crippen LogP contribution in [0.5, 0.6) is 0 Å². The van der Waals surface area contributed by atoms with Gasteiger partial charge in [0.1, 0.15) is 0 Å². The first-order chi connectivity index (χ1) is 9.76. The number of nitrogens with one attached hydrogen (secondary N) is 1. The number of aryl methyl sites for hydroxylation is 1. The molecule has 1 aliphatic carbocycles. The van der Waals surface area contributed by atoms with E-state index in [4.69, 9.17) is 4.74 Å². The third kappa shape index (κ3) is 2.84. The number of para-hydroxylation sites is 1. The van der Waals surface area contributed by atoms with Gasteiger partial charge >= 0.3 is 0 Å². The lowest BCUT2D eigenvalue weighted by Gasteiger charge is -2.14. The summed E-state index contributed by atoms with van der Waals surface area (Å²) in [5.41, 5.74) is 3.51. The molecule has 0 radical (unpaired) electrons. The fourth-order valence-corrected chi connectivity index (χ4v) is 3.13. The summed E-state index contributed by atoms with van der Waals surface area (Å²) in [6.07, 6.45) is 3.94. The zero-order valence-corrected chi connectivity index (χ0v) is 12.2. The van der Waals surface area contributed by atoms with Crippen molar-refractivity contribution in [1.29, 1.82) is 0 Å². The molecule has 3 nitrogen and oxygen atoms in total. The van der Waals surface area contributed by atoms with Crippen LogP contribution in [0.3, 0.4) is 0 Å². The standard InChI is InChI=1S/C17H22N2O/c1-12-9-13(16-5-3-4-6-17(16)19-12)11-18-14-7-8-15(10-14)20-2/h3-6,9,14-15,18H,7-8,10-11H2,1-2H3. The minimum Gasteiger partial charge on any atom is -0.381 e. The number of fused-ring (bicyclic) bond motifs is 1. The lowest BCUT2D eigenvalue weighted by molar-refractivity contribution is 0.107. The Morgan fingerprint density at radius 3 is 2.95 bits per heavy atom. The number of rotatable bonds is 4. The topological polar surface area (TPSA) is 34.1 Å². The molecule has 20 heavy (non-hydrogen) atoms. The molecule has 0 spiro atoms. The molecule has 1 N–H and O–H groups in total. The third-order valence-electron chi connectivity index (χ3n) is 4.23. The predicted molar refractivity (Wildman–Crippen MR) is 81.8 cm³/mol. The Kier molecular flexibility index (Phi) is 3.99. The Balaban J connectivity index is 1.74. The minimum absolute atomic E-state index is 0.434. The molecule has 1 aromatic carbocycles. The van der Waals surface area contributed by atoms with Gasteiger partial charge in [0, 0.05) is 30.8 Å². The van der Waals surface area contributed by atoms with Crippen molar-refractivity contribution in [3.05, 3.63) is 41.6 Å². The van der Waals surface area contributed by atoms with Crippen molar-refractivity contribution in [2.45, 2.75) is 44.9 Å². The van der Waals surface area contributed by atoms with Crippen molar-refractivity contribution in [2.24, 2.45) is 0 Å². The van der Waals surface area contributed by atoms with Gasteiger partial charge in [-0.1, -0.05) is 18.2 Å². The SMILES string of the molecule is COC1CCC(NCc2cc(C)nc3ccccc23)C1. The molecule has 1 heterocycles. The third-order valence-corrected chi connectivity index (χ3v) is 4.23. The van der Waals surface area contributed by atoms with Crippen molar-refractivity contribution >= 4 is 10.9 Å². The molecule has 2 aromatic rings. The number of benzene rings is 1. The average Bonchev–Trinajstić information content (AvgIpc) is 2.92. The highest BCUT2D eigenvalue weighted by molar-refractivity contribution is 5.82. The molecule has 106 valence electrons. The number of nitrogens with zero attached hydrogens (tertiary/aromatic N) is 1. The maximum Gasteiger partial charge on any atom is 0.0708 e. The summed E-state index contributed by atoms with van der Waals surface area (Å²) in [6.45, 7) is 2.97. The van der Waals surface area contributed by atoms with Crippen molar-refractivity contribution < 1.29 is 4.74 Å². The summed E-state index contributed by atoms with van der Waals surface area (Å²) < 4.78 is 5.43. The first-order valence-electron chi connectivity index (χ1n) is 7.37. The first-order valence-corrected chi connectivity index (χ1v) is 7.37. The van der Waals surface area contributed by atoms with Crippen molar-refractivity contribution in [3.63, 3.8) is 0 Å². The molecule has 1 aliphatic rings. The van der Waals surface area contributed by atoms with Crippen LogP contribution in [0.15, 0.2) is 30.3 Å². The van der Waals surface area contributed by atoms with E-state index in [9.17, 15) is 0 Å². The van der Waals surface area contributed by atoms with Gasteiger partial charge in [0.25, 0.3) is 0 Å². The highest BCUT2D eigenvalue weighted by atomic mass is 16.5. The van der Waals surface area contributed by atoms with Gasteiger partial charge in [-0.2, -0.15) is 0 Å². The maximum absolute atomic E-state index is 5.43. The summed E-state index contributed by atoms with van der Waals surface area (Å²) in [6, 6.07) is 11.1. The lowest BCUT2D eigenvalue weighted by atomic mass is 10.1. The van der Waals surface area contributed by atoms with Crippen LogP contribution in [0.2, 0.25) is 0 Å². The Hall–Kier alpha value is -1.45. The number of aromatic nitrogens is 1. The largest absolute Gasteiger partial charge is 0.381 e. The van der Waals surface area contributed by atoms with Crippen LogP contribution in [-0.2, 0) is 11.3 Å². The van der Waals surface area contributed by atoms with E-state index in [1.54, 1.807) is 0 Å². The average molecular weight is 270 g/mol. The van der Waals surface area contributed by atoms with Gasteiger partial charge in [-0.15, -0.1) is 0 Å². The Morgan fingerprint density at radius 1 is 1.30 bits per heavy atom. The van der Waals surface area contributed by atoms with Crippen LogP contribution in [0.25, 0.3) is 10.9 Å². The molecule has 3 heteroatoms. The zero-order chi connectivity index (χ0) is 13.9. The number of methoxy groups -OCH3 is 1. The molecule has 2 unspecified atom stereocenters. The summed E-state index contributed by atoms with van der Waals surface area (Å²) >= 11 is 0. The molecule has 1 saturated carbocycles. The fraction of sp³-hybridized carbons (Fsp3) is 0.471. The van der Waals surface area contributed by atoms with E-state index >= 15 is 0 Å². The highest BCUT2D eigenvalue weighted by Gasteiger charge is 2.23. The van der Waals surface area contributed by atoms with Crippen LogP contribution in [-0.4, -0.2) is 24.2 Å². The molecule has 0 aliphatic heterocycles. The molecule has 0 amide bonds. The number of pyridine rings is 1. The first kappa shape index (κ1) is 13.5. The summed E-state index contributed by atoms with van der Waals surface area (Å²) in [4.78, 5) is 4.59. The van der Waals surface area contributed by atoms with Gasteiger partial charge in [-0.3, -0.25) is 4.98 Å². The van der Waals surface area contributed by atoms with Crippen molar-refractivity contribution in [2.75, 3.05) is 7.11 Å². The van der Waals surface area contributed by atoms with E-state index in [1.165, 1.54) is 23.8 Å². The molecule has 3 rings (SSSR count). The van der Waals surface area contributed by atoms with E-state index in [1.807, 2.05) is 13.2 Å². The maximum atomic E-state index is 5.43. The quantitative estimate of drug-likeness (QED) is 0.926. The van der Waals surface area contributed by atoms with Crippen LogP contribution in [0.4, 0.5) is 0 Å². The Labute approximate surface area is 120 Å². The summed E-state index contributed by atoms with van der Waals surface area (Å²) in [5, 5.41) is 4.93. The monoisotopic (exact) mass is 270 g/mol. The molecular formula is C17H22N2O. The highest BCUT2D eigenvalue weighted by Crippen LogP contribution is 2.23. The van der Waals surface area contributed by atoms with E-state index in [2.05, 4.69) is 41.5 Å². The van der Waals surface area contributed by atoms with Gasteiger partial charge in [-0.05, 0) is 43.9 Å². The summed E-state index contributed by atoms with van der Waals surface area (Å²) in [5.74, 6) is 0. The number of ether oxygens (including phenoxy) is 1.